The van der Waals surface area contributed by atoms with Crippen molar-refractivity contribution in [2.24, 2.45) is 5.73 Å². The van der Waals surface area contributed by atoms with E-state index < -0.39 is 0 Å². The van der Waals surface area contributed by atoms with Crippen LogP contribution < -0.4 is 5.73 Å². The maximum absolute atomic E-state index is 12.5. The van der Waals surface area contributed by atoms with Crippen LogP contribution in [0.3, 0.4) is 0 Å². The molecule has 1 amide bonds. The molecule has 0 saturated heterocycles. The predicted molar refractivity (Wildman–Crippen MR) is 83.5 cm³/mol. The lowest BCUT2D eigenvalue weighted by Gasteiger charge is -2.21. The topological polar surface area (TPSA) is 72.4 Å². The van der Waals surface area contributed by atoms with Gasteiger partial charge in [-0.15, -0.1) is 12.4 Å². The summed E-state index contributed by atoms with van der Waals surface area (Å²) in [5.41, 5.74) is 7.27. The lowest BCUT2D eigenvalue weighted by molar-refractivity contribution is 0.0713. The van der Waals surface area contributed by atoms with Crippen LogP contribution in [0.5, 0.6) is 0 Å². The molecular weight excluding hydrogens is 290 g/mol. The number of carbonyl (C=O) groups excluding carboxylic acids is 1. The van der Waals surface area contributed by atoms with Gasteiger partial charge in [-0.3, -0.25) is 4.79 Å². The number of hydrogen-bond acceptors (Lipinski definition) is 4. The number of amides is 1. The Hall–Kier alpha value is -1.85. The van der Waals surface area contributed by atoms with Crippen LogP contribution in [0.2, 0.25) is 0 Å². The summed E-state index contributed by atoms with van der Waals surface area (Å²) in [7, 11) is 0. The molecule has 0 bridgehead atoms. The molecule has 1 heterocycles. The highest BCUT2D eigenvalue weighted by Crippen LogP contribution is 2.14. The summed E-state index contributed by atoms with van der Waals surface area (Å²) >= 11 is 0. The van der Waals surface area contributed by atoms with Crippen molar-refractivity contribution in [3.8, 4) is 0 Å². The van der Waals surface area contributed by atoms with E-state index in [1.54, 1.807) is 18.7 Å². The Morgan fingerprint density at radius 2 is 1.95 bits per heavy atom. The molecule has 0 spiro atoms. The molecule has 0 fully saturated rings. The largest absolute Gasteiger partial charge is 0.436 e. The molecule has 1 aromatic carbocycles. The van der Waals surface area contributed by atoms with Crippen molar-refractivity contribution in [1.82, 2.24) is 9.88 Å². The van der Waals surface area contributed by atoms with Gasteiger partial charge in [-0.1, -0.05) is 30.3 Å². The van der Waals surface area contributed by atoms with E-state index in [0.29, 0.717) is 37.0 Å². The number of carbonyl (C=O) groups is 1. The Morgan fingerprint density at radius 3 is 2.48 bits per heavy atom. The fourth-order valence-electron chi connectivity index (χ4n) is 2.09. The second kappa shape index (κ2) is 7.81. The van der Waals surface area contributed by atoms with Gasteiger partial charge >= 0.3 is 0 Å². The maximum atomic E-state index is 12.5. The molecular formula is C15H20ClN3O2. The highest BCUT2D eigenvalue weighted by Gasteiger charge is 2.22. The van der Waals surface area contributed by atoms with Crippen LogP contribution in [-0.4, -0.2) is 28.9 Å². The van der Waals surface area contributed by atoms with Crippen molar-refractivity contribution in [1.29, 1.82) is 0 Å². The first-order valence-electron chi connectivity index (χ1n) is 6.59. The highest BCUT2D eigenvalue weighted by atomic mass is 35.5. The molecule has 0 aliphatic heterocycles. The van der Waals surface area contributed by atoms with E-state index in [1.165, 1.54) is 0 Å². The first-order chi connectivity index (χ1) is 9.61. The zero-order valence-electron chi connectivity index (χ0n) is 12.2. The lowest BCUT2D eigenvalue weighted by atomic mass is 10.2. The van der Waals surface area contributed by atoms with Gasteiger partial charge in [0.05, 0.1) is 5.69 Å². The second-order valence-corrected chi connectivity index (χ2v) is 4.65. The number of halogens is 1. The fourth-order valence-corrected chi connectivity index (χ4v) is 2.09. The van der Waals surface area contributed by atoms with Gasteiger partial charge in [0.1, 0.15) is 0 Å². The molecule has 21 heavy (non-hydrogen) atoms. The number of nitrogens with zero attached hydrogens (tertiary/aromatic N) is 2. The molecule has 0 atom stereocenters. The number of aryl methyl sites for hydroxylation is 2. The average molecular weight is 310 g/mol. The van der Waals surface area contributed by atoms with Gasteiger partial charge in [-0.25, -0.2) is 4.98 Å². The monoisotopic (exact) mass is 309 g/mol. The molecule has 2 aromatic rings. The Morgan fingerprint density at radius 1 is 1.29 bits per heavy atom. The average Bonchev–Trinajstić information content (AvgIpc) is 2.77. The van der Waals surface area contributed by atoms with E-state index in [0.717, 1.165) is 5.56 Å². The summed E-state index contributed by atoms with van der Waals surface area (Å²) in [6.45, 7) is 4.90. The summed E-state index contributed by atoms with van der Waals surface area (Å²) < 4.78 is 5.40. The minimum Gasteiger partial charge on any atom is -0.436 e. The zero-order valence-corrected chi connectivity index (χ0v) is 13.0. The number of oxazole rings is 1. The van der Waals surface area contributed by atoms with Gasteiger partial charge in [0, 0.05) is 26.6 Å². The molecule has 0 aliphatic rings. The van der Waals surface area contributed by atoms with Crippen LogP contribution in [-0.2, 0) is 6.54 Å². The van der Waals surface area contributed by atoms with Crippen molar-refractivity contribution >= 4 is 18.3 Å². The summed E-state index contributed by atoms with van der Waals surface area (Å²) in [6.07, 6.45) is 0. The van der Waals surface area contributed by atoms with Crippen LogP contribution in [0.4, 0.5) is 0 Å². The van der Waals surface area contributed by atoms with Crippen LogP contribution in [0.1, 0.15) is 27.7 Å². The van der Waals surface area contributed by atoms with Gasteiger partial charge in [-0.05, 0) is 12.5 Å². The third kappa shape index (κ3) is 4.31. The first-order valence-corrected chi connectivity index (χ1v) is 6.59. The molecule has 1 aromatic heterocycles. The van der Waals surface area contributed by atoms with Crippen molar-refractivity contribution in [2.45, 2.75) is 20.4 Å². The van der Waals surface area contributed by atoms with E-state index in [1.807, 2.05) is 30.3 Å². The van der Waals surface area contributed by atoms with E-state index in [2.05, 4.69) is 4.98 Å². The minimum atomic E-state index is -0.169. The third-order valence-corrected chi connectivity index (χ3v) is 3.00. The minimum absolute atomic E-state index is 0. The summed E-state index contributed by atoms with van der Waals surface area (Å²) in [5, 5.41) is 0. The Labute approximate surface area is 130 Å². The second-order valence-electron chi connectivity index (χ2n) is 4.65. The summed E-state index contributed by atoms with van der Waals surface area (Å²) in [4.78, 5) is 18.3. The van der Waals surface area contributed by atoms with Gasteiger partial charge in [0.25, 0.3) is 5.91 Å². The van der Waals surface area contributed by atoms with Crippen LogP contribution in [0.15, 0.2) is 34.7 Å². The Balaban J connectivity index is 0.00000220. The molecule has 0 aliphatic carbocycles. The molecule has 0 unspecified atom stereocenters. The van der Waals surface area contributed by atoms with Gasteiger partial charge < -0.3 is 15.1 Å². The van der Waals surface area contributed by atoms with E-state index >= 15 is 0 Å². The highest BCUT2D eigenvalue weighted by molar-refractivity contribution is 5.92. The number of hydrogen-bond donors (Lipinski definition) is 1. The van der Waals surface area contributed by atoms with Crippen LogP contribution in [0, 0.1) is 13.8 Å². The standard InChI is InChI=1S/C15H19N3O2.ClH/c1-11-14(20-12(2)17-11)15(19)18(9-8-16)10-13-6-4-3-5-7-13;/h3-7H,8-10,16H2,1-2H3;1H. The van der Waals surface area contributed by atoms with E-state index in [9.17, 15) is 4.79 Å². The quantitative estimate of drug-likeness (QED) is 0.920. The third-order valence-electron chi connectivity index (χ3n) is 3.00. The van der Waals surface area contributed by atoms with Crippen LogP contribution >= 0.6 is 12.4 Å². The van der Waals surface area contributed by atoms with Gasteiger partial charge in [0.2, 0.25) is 5.76 Å². The molecule has 2 rings (SSSR count). The fraction of sp³-hybridized carbons (Fsp3) is 0.333. The number of rotatable bonds is 5. The normalized spacial score (nSPS) is 10.0. The number of aromatic nitrogens is 1. The van der Waals surface area contributed by atoms with E-state index in [-0.39, 0.29) is 18.3 Å². The smallest absolute Gasteiger partial charge is 0.291 e. The van der Waals surface area contributed by atoms with Gasteiger partial charge in [-0.2, -0.15) is 0 Å². The first kappa shape index (κ1) is 17.2. The van der Waals surface area contributed by atoms with Crippen LogP contribution in [0.25, 0.3) is 0 Å². The lowest BCUT2D eigenvalue weighted by Crippen LogP contribution is -2.35. The zero-order chi connectivity index (χ0) is 14.5. The summed E-state index contributed by atoms with van der Waals surface area (Å²) in [6, 6.07) is 9.81. The molecule has 0 saturated carbocycles. The van der Waals surface area contributed by atoms with Crippen molar-refractivity contribution in [2.75, 3.05) is 13.1 Å². The molecule has 5 nitrogen and oxygen atoms in total. The Bertz CT molecular complexity index is 584. The molecule has 2 N–H and O–H groups in total. The maximum Gasteiger partial charge on any atom is 0.291 e. The van der Waals surface area contributed by atoms with Crippen molar-refractivity contribution < 1.29 is 9.21 Å². The number of nitrogens with two attached hydrogens (primary N) is 1. The molecule has 6 heteroatoms. The molecule has 0 radical (unpaired) electrons. The summed E-state index contributed by atoms with van der Waals surface area (Å²) in [5.74, 6) is 0.627. The molecule has 114 valence electrons. The number of benzene rings is 1. The predicted octanol–water partition coefficient (Wildman–Crippen LogP) is 2.31. The van der Waals surface area contributed by atoms with Gasteiger partial charge in [0.15, 0.2) is 5.89 Å². The SMILES string of the molecule is Cc1nc(C)c(C(=O)N(CCN)Cc2ccccc2)o1.Cl. The van der Waals surface area contributed by atoms with Crippen molar-refractivity contribution in [3.63, 3.8) is 0 Å². The Kier molecular flexibility index (Phi) is 6.39. The van der Waals surface area contributed by atoms with E-state index in [4.69, 9.17) is 10.2 Å². The van der Waals surface area contributed by atoms with Crippen molar-refractivity contribution in [3.05, 3.63) is 53.2 Å².